The number of nitrogens with one attached hydrogen (secondary N) is 1. The van der Waals surface area contributed by atoms with E-state index in [1.165, 1.54) is 32.1 Å². The number of hydrogen-bond donors (Lipinski definition) is 1. The Labute approximate surface area is 136 Å². The molecule has 1 amide bonds. The molecule has 0 aromatic rings. The highest BCUT2D eigenvalue weighted by Gasteiger charge is 2.42. The van der Waals surface area contributed by atoms with Crippen LogP contribution in [0.5, 0.6) is 0 Å². The van der Waals surface area contributed by atoms with Crippen LogP contribution in [-0.4, -0.2) is 42.0 Å². The predicted molar refractivity (Wildman–Crippen MR) is 93.7 cm³/mol. The minimum atomic E-state index is 0.0464. The van der Waals surface area contributed by atoms with Crippen LogP contribution in [0.4, 0.5) is 0 Å². The Morgan fingerprint density at radius 2 is 2.09 bits per heavy atom. The molecule has 0 aromatic carbocycles. The molecule has 4 nitrogen and oxygen atoms in total. The SMILES string of the molecule is CCC/C=C/CCCCC1N=CC[N+]1(CC)C(C)NC(C)=O. The van der Waals surface area contributed by atoms with Gasteiger partial charge in [-0.2, -0.15) is 0 Å². The van der Waals surface area contributed by atoms with Crippen LogP contribution in [0.15, 0.2) is 17.1 Å². The average Bonchev–Trinajstić information content (AvgIpc) is 2.90. The van der Waals surface area contributed by atoms with Gasteiger partial charge in [-0.05, 0) is 32.6 Å². The number of quaternary nitrogens is 1. The van der Waals surface area contributed by atoms with Crippen molar-refractivity contribution < 1.29 is 9.28 Å². The van der Waals surface area contributed by atoms with Gasteiger partial charge >= 0.3 is 0 Å². The minimum absolute atomic E-state index is 0.0464. The third-order valence-electron chi connectivity index (χ3n) is 4.77. The van der Waals surface area contributed by atoms with E-state index >= 15 is 0 Å². The van der Waals surface area contributed by atoms with Gasteiger partial charge in [-0.1, -0.05) is 25.5 Å². The maximum atomic E-state index is 11.4. The van der Waals surface area contributed by atoms with Crippen LogP contribution < -0.4 is 5.32 Å². The van der Waals surface area contributed by atoms with Crippen molar-refractivity contribution >= 4 is 12.1 Å². The van der Waals surface area contributed by atoms with E-state index in [2.05, 4.69) is 38.2 Å². The average molecular weight is 308 g/mol. The molecule has 1 rings (SSSR count). The summed E-state index contributed by atoms with van der Waals surface area (Å²) in [5.74, 6) is 0.0464. The summed E-state index contributed by atoms with van der Waals surface area (Å²) in [4.78, 5) is 16.1. The fraction of sp³-hybridized carbons (Fsp3) is 0.778. The molecule has 0 saturated heterocycles. The third-order valence-corrected chi connectivity index (χ3v) is 4.77. The zero-order valence-corrected chi connectivity index (χ0v) is 14.8. The Hall–Kier alpha value is -1.16. The third kappa shape index (κ3) is 5.24. The fourth-order valence-electron chi connectivity index (χ4n) is 3.35. The topological polar surface area (TPSA) is 41.5 Å². The number of rotatable bonds is 10. The van der Waals surface area contributed by atoms with Gasteiger partial charge in [-0.3, -0.25) is 9.28 Å². The van der Waals surface area contributed by atoms with Gasteiger partial charge in [0.05, 0.1) is 12.8 Å². The minimum Gasteiger partial charge on any atom is -0.307 e. The summed E-state index contributed by atoms with van der Waals surface area (Å²) in [6.07, 6.45) is 14.2. The highest BCUT2D eigenvalue weighted by Crippen LogP contribution is 2.26. The zero-order valence-electron chi connectivity index (χ0n) is 14.8. The Balaban J connectivity index is 2.46. The molecule has 1 N–H and O–H groups in total. The summed E-state index contributed by atoms with van der Waals surface area (Å²) in [5, 5.41) is 3.07. The van der Waals surface area contributed by atoms with E-state index in [9.17, 15) is 4.79 Å². The number of aliphatic imine (C=N–C) groups is 1. The van der Waals surface area contributed by atoms with Crippen LogP contribution in [0.2, 0.25) is 0 Å². The Morgan fingerprint density at radius 3 is 2.73 bits per heavy atom. The van der Waals surface area contributed by atoms with E-state index < -0.39 is 0 Å². The second-order valence-electron chi connectivity index (χ2n) is 6.34. The van der Waals surface area contributed by atoms with Crippen LogP contribution in [-0.2, 0) is 4.79 Å². The number of amides is 1. The Kier molecular flexibility index (Phi) is 8.39. The van der Waals surface area contributed by atoms with Gasteiger partial charge in [0, 0.05) is 20.3 Å². The lowest BCUT2D eigenvalue weighted by Crippen LogP contribution is -2.63. The van der Waals surface area contributed by atoms with Crippen LogP contribution in [0, 0.1) is 0 Å². The second kappa shape index (κ2) is 9.78. The smallest absolute Gasteiger partial charge is 0.221 e. The van der Waals surface area contributed by atoms with Crippen molar-refractivity contribution in [3.8, 4) is 0 Å². The summed E-state index contributed by atoms with van der Waals surface area (Å²) in [5.41, 5.74) is 0. The van der Waals surface area contributed by atoms with Gasteiger partial charge in [-0.15, -0.1) is 0 Å². The van der Waals surface area contributed by atoms with Crippen molar-refractivity contribution in [3.63, 3.8) is 0 Å². The molecular formula is C18H34N3O+. The van der Waals surface area contributed by atoms with E-state index in [1.807, 2.05) is 6.21 Å². The van der Waals surface area contributed by atoms with Crippen molar-refractivity contribution in [2.45, 2.75) is 78.6 Å². The van der Waals surface area contributed by atoms with Crippen molar-refractivity contribution in [2.24, 2.45) is 4.99 Å². The monoisotopic (exact) mass is 308 g/mol. The molecule has 1 heterocycles. The van der Waals surface area contributed by atoms with Gasteiger partial charge in [-0.25, -0.2) is 4.99 Å². The molecule has 1 aliphatic heterocycles. The van der Waals surface area contributed by atoms with Gasteiger partial charge in [0.1, 0.15) is 6.54 Å². The van der Waals surface area contributed by atoms with Gasteiger partial charge < -0.3 is 5.32 Å². The molecule has 0 saturated carbocycles. The first-order valence-electron chi connectivity index (χ1n) is 8.87. The summed E-state index contributed by atoms with van der Waals surface area (Å²) < 4.78 is 0.866. The second-order valence-corrected chi connectivity index (χ2v) is 6.34. The van der Waals surface area contributed by atoms with E-state index in [0.29, 0.717) is 6.17 Å². The maximum Gasteiger partial charge on any atom is 0.221 e. The number of carbonyl (C=O) groups excluding carboxylic acids is 1. The zero-order chi connectivity index (χ0) is 16.4. The largest absolute Gasteiger partial charge is 0.307 e. The molecule has 3 unspecified atom stereocenters. The molecular weight excluding hydrogens is 274 g/mol. The van der Waals surface area contributed by atoms with Gasteiger partial charge in [0.25, 0.3) is 0 Å². The summed E-state index contributed by atoms with van der Waals surface area (Å²) >= 11 is 0. The molecule has 0 fully saturated rings. The van der Waals surface area contributed by atoms with Crippen LogP contribution in [0.1, 0.15) is 66.2 Å². The molecule has 126 valence electrons. The first-order chi connectivity index (χ1) is 10.6. The molecule has 3 atom stereocenters. The summed E-state index contributed by atoms with van der Waals surface area (Å²) in [6.45, 7) is 10.0. The quantitative estimate of drug-likeness (QED) is 0.374. The van der Waals surface area contributed by atoms with E-state index in [0.717, 1.165) is 24.0 Å². The number of hydrogen-bond acceptors (Lipinski definition) is 2. The van der Waals surface area contributed by atoms with Crippen LogP contribution >= 0.6 is 0 Å². The molecule has 0 bridgehead atoms. The summed E-state index contributed by atoms with van der Waals surface area (Å²) in [7, 11) is 0. The van der Waals surface area contributed by atoms with Crippen LogP contribution in [0.3, 0.4) is 0 Å². The molecule has 22 heavy (non-hydrogen) atoms. The Morgan fingerprint density at radius 1 is 1.36 bits per heavy atom. The first kappa shape index (κ1) is 18.9. The van der Waals surface area contributed by atoms with E-state index in [1.54, 1.807) is 6.92 Å². The van der Waals surface area contributed by atoms with Crippen molar-refractivity contribution in [1.29, 1.82) is 0 Å². The molecule has 4 heteroatoms. The first-order valence-corrected chi connectivity index (χ1v) is 8.87. The van der Waals surface area contributed by atoms with E-state index in [-0.39, 0.29) is 12.1 Å². The number of unbranched alkanes of at least 4 members (excludes halogenated alkanes) is 3. The lowest BCUT2D eigenvalue weighted by molar-refractivity contribution is -0.959. The number of carbonyl (C=O) groups is 1. The van der Waals surface area contributed by atoms with Crippen LogP contribution in [0.25, 0.3) is 0 Å². The van der Waals surface area contributed by atoms with Crippen molar-refractivity contribution in [1.82, 2.24) is 5.32 Å². The standard InChI is InChI=1S/C18H33N3O/c1-5-7-8-9-10-11-12-13-18-19-14-15-21(18,6-2)16(3)20-17(4)22/h8-9,14,16,18H,5-7,10-13,15H2,1-4H3/p+1/b9-8+. The summed E-state index contributed by atoms with van der Waals surface area (Å²) in [6, 6.07) is 0. The number of allylic oxidation sites excluding steroid dienone is 2. The Bertz CT molecular complexity index is 392. The maximum absolute atomic E-state index is 11.4. The van der Waals surface area contributed by atoms with Crippen molar-refractivity contribution in [3.05, 3.63) is 12.2 Å². The van der Waals surface area contributed by atoms with Gasteiger partial charge in [0.15, 0.2) is 12.3 Å². The number of nitrogens with zero attached hydrogens (tertiary/aromatic N) is 2. The normalized spacial score (nSPS) is 25.7. The molecule has 0 aromatic heterocycles. The molecule has 0 aliphatic carbocycles. The molecule has 1 aliphatic rings. The fourth-order valence-corrected chi connectivity index (χ4v) is 3.35. The van der Waals surface area contributed by atoms with Gasteiger partial charge in [0.2, 0.25) is 5.91 Å². The molecule has 0 radical (unpaired) electrons. The van der Waals surface area contributed by atoms with Crippen molar-refractivity contribution in [2.75, 3.05) is 13.1 Å². The highest BCUT2D eigenvalue weighted by atomic mass is 16.1. The lowest BCUT2D eigenvalue weighted by Gasteiger charge is -2.42. The highest BCUT2D eigenvalue weighted by molar-refractivity contribution is 5.73. The van der Waals surface area contributed by atoms with E-state index in [4.69, 9.17) is 4.99 Å². The predicted octanol–water partition coefficient (Wildman–Crippen LogP) is 3.63. The lowest BCUT2D eigenvalue weighted by atomic mass is 10.1. The molecule has 0 spiro atoms.